The number of sulfonamides is 1. The van der Waals surface area contributed by atoms with E-state index in [4.69, 9.17) is 0 Å². The predicted molar refractivity (Wildman–Crippen MR) is 110 cm³/mol. The van der Waals surface area contributed by atoms with E-state index >= 15 is 0 Å². The second-order valence-electron chi connectivity index (χ2n) is 7.13. The van der Waals surface area contributed by atoms with Crippen LogP contribution in [-0.4, -0.2) is 24.9 Å². The van der Waals surface area contributed by atoms with Crippen LogP contribution in [0.3, 0.4) is 0 Å². The minimum atomic E-state index is -3.56. The molecule has 1 heterocycles. The quantitative estimate of drug-likeness (QED) is 0.641. The maximum absolute atomic E-state index is 12.4. The molecule has 28 heavy (non-hydrogen) atoms. The summed E-state index contributed by atoms with van der Waals surface area (Å²) in [6.45, 7) is 6.00. The molecule has 0 radical (unpaired) electrons. The number of hydrogen-bond acceptors (Lipinski definition) is 3. The van der Waals surface area contributed by atoms with E-state index in [0.717, 1.165) is 22.2 Å². The summed E-state index contributed by atoms with van der Waals surface area (Å²) in [6, 6.07) is 16.4. The highest BCUT2D eigenvalue weighted by atomic mass is 32.2. The van der Waals surface area contributed by atoms with Gasteiger partial charge in [0.1, 0.15) is 6.54 Å². The molecule has 2 aromatic carbocycles. The molecular weight excluding hydrogens is 374 g/mol. The summed E-state index contributed by atoms with van der Waals surface area (Å²) < 4.78 is 29.1. The molecule has 3 aromatic rings. The molecule has 0 spiro atoms. The molecule has 0 fully saturated rings. The number of carbonyl (C=O) groups excluding carboxylic acids is 1. The largest absolute Gasteiger partial charge is 0.350 e. The summed E-state index contributed by atoms with van der Waals surface area (Å²) >= 11 is 0. The van der Waals surface area contributed by atoms with Crippen LogP contribution >= 0.6 is 0 Å². The number of aromatic nitrogens is 1. The average molecular weight is 400 g/mol. The standard InChI is InChI=1S/C21H25N3O3S/c1-15(2)23-28(26,27)19-9-6-7-17(12-19)13-22-21(25)14-24-16(3)11-18-8-4-5-10-20(18)24/h4-12,15,23H,13-14H2,1-3H3,(H,22,25). The van der Waals surface area contributed by atoms with Gasteiger partial charge in [-0.05, 0) is 56.0 Å². The van der Waals surface area contributed by atoms with Gasteiger partial charge in [-0.2, -0.15) is 0 Å². The zero-order valence-corrected chi connectivity index (χ0v) is 17.1. The molecule has 6 nitrogen and oxygen atoms in total. The molecule has 1 aromatic heterocycles. The van der Waals surface area contributed by atoms with Crippen molar-refractivity contribution >= 4 is 26.8 Å². The number of fused-ring (bicyclic) bond motifs is 1. The summed E-state index contributed by atoms with van der Waals surface area (Å²) in [6.07, 6.45) is 0. The average Bonchev–Trinajstić information content (AvgIpc) is 2.95. The number of nitrogens with one attached hydrogen (secondary N) is 2. The van der Waals surface area contributed by atoms with Gasteiger partial charge in [-0.25, -0.2) is 13.1 Å². The summed E-state index contributed by atoms with van der Waals surface area (Å²) in [5.41, 5.74) is 2.77. The Morgan fingerprint density at radius 3 is 2.57 bits per heavy atom. The monoisotopic (exact) mass is 399 g/mol. The zero-order valence-electron chi connectivity index (χ0n) is 16.3. The fourth-order valence-corrected chi connectivity index (χ4v) is 4.48. The Morgan fingerprint density at radius 2 is 1.82 bits per heavy atom. The van der Waals surface area contributed by atoms with E-state index in [1.165, 1.54) is 0 Å². The van der Waals surface area contributed by atoms with Crippen LogP contribution in [0, 0.1) is 6.92 Å². The van der Waals surface area contributed by atoms with Crippen molar-refractivity contribution in [2.24, 2.45) is 0 Å². The lowest BCUT2D eigenvalue weighted by Crippen LogP contribution is -2.30. The minimum absolute atomic E-state index is 0.127. The van der Waals surface area contributed by atoms with Gasteiger partial charge >= 0.3 is 0 Å². The van der Waals surface area contributed by atoms with Gasteiger partial charge < -0.3 is 9.88 Å². The van der Waals surface area contributed by atoms with Crippen molar-refractivity contribution in [3.63, 3.8) is 0 Å². The summed E-state index contributed by atoms with van der Waals surface area (Å²) in [7, 11) is -3.56. The molecule has 0 saturated carbocycles. The molecule has 0 atom stereocenters. The number of carbonyl (C=O) groups is 1. The van der Waals surface area contributed by atoms with Crippen molar-refractivity contribution in [1.82, 2.24) is 14.6 Å². The molecule has 0 aliphatic rings. The summed E-state index contributed by atoms with van der Waals surface area (Å²) in [5, 5.41) is 3.97. The van der Waals surface area contributed by atoms with Gasteiger partial charge in [0.2, 0.25) is 15.9 Å². The highest BCUT2D eigenvalue weighted by molar-refractivity contribution is 7.89. The van der Waals surface area contributed by atoms with Gasteiger partial charge in [0, 0.05) is 23.8 Å². The first-order chi connectivity index (χ1) is 13.3. The first-order valence-corrected chi connectivity index (χ1v) is 10.7. The number of rotatable bonds is 7. The Bertz CT molecular complexity index is 1100. The number of amides is 1. The highest BCUT2D eigenvalue weighted by Gasteiger charge is 2.16. The second-order valence-corrected chi connectivity index (χ2v) is 8.84. The van der Waals surface area contributed by atoms with E-state index in [9.17, 15) is 13.2 Å². The van der Waals surface area contributed by atoms with Crippen LogP contribution in [0.4, 0.5) is 0 Å². The van der Waals surface area contributed by atoms with Crippen LogP contribution < -0.4 is 10.0 Å². The first-order valence-electron chi connectivity index (χ1n) is 9.19. The second kappa shape index (κ2) is 8.16. The first kappa shape index (κ1) is 20.1. The maximum Gasteiger partial charge on any atom is 0.240 e. The molecule has 148 valence electrons. The number of hydrogen-bond donors (Lipinski definition) is 2. The van der Waals surface area contributed by atoms with Crippen LogP contribution in [0.1, 0.15) is 25.1 Å². The minimum Gasteiger partial charge on any atom is -0.350 e. The molecule has 0 saturated heterocycles. The van der Waals surface area contributed by atoms with Crippen molar-refractivity contribution in [2.75, 3.05) is 0 Å². The van der Waals surface area contributed by atoms with Gasteiger partial charge in [0.05, 0.1) is 4.90 Å². The maximum atomic E-state index is 12.4. The van der Waals surface area contributed by atoms with Crippen molar-refractivity contribution in [1.29, 1.82) is 0 Å². The predicted octanol–water partition coefficient (Wildman–Crippen LogP) is 2.95. The Labute approximate surface area is 165 Å². The van der Waals surface area contributed by atoms with Gasteiger partial charge in [-0.1, -0.05) is 30.3 Å². The Kier molecular flexibility index (Phi) is 5.86. The van der Waals surface area contributed by atoms with Crippen molar-refractivity contribution in [3.8, 4) is 0 Å². The van der Waals surface area contributed by atoms with Crippen molar-refractivity contribution in [2.45, 2.75) is 44.8 Å². The van der Waals surface area contributed by atoms with E-state index in [-0.39, 0.29) is 29.9 Å². The van der Waals surface area contributed by atoms with Crippen LogP contribution in [-0.2, 0) is 27.9 Å². The Hall–Kier alpha value is -2.64. The molecule has 0 bridgehead atoms. The smallest absolute Gasteiger partial charge is 0.240 e. The van der Waals surface area contributed by atoms with Gasteiger partial charge in [-0.3, -0.25) is 4.79 Å². The molecular formula is C21H25N3O3S. The summed E-state index contributed by atoms with van der Waals surface area (Å²) in [4.78, 5) is 12.6. The van der Waals surface area contributed by atoms with Crippen molar-refractivity contribution in [3.05, 3.63) is 65.9 Å². The van der Waals surface area contributed by atoms with Crippen LogP contribution in [0.5, 0.6) is 0 Å². The normalized spacial score (nSPS) is 11.9. The number of aryl methyl sites for hydroxylation is 1. The van der Waals surface area contributed by atoms with Gasteiger partial charge in [0.25, 0.3) is 0 Å². The topological polar surface area (TPSA) is 80.2 Å². The lowest BCUT2D eigenvalue weighted by atomic mass is 10.2. The highest BCUT2D eigenvalue weighted by Crippen LogP contribution is 2.19. The zero-order chi connectivity index (χ0) is 20.3. The molecule has 0 aliphatic heterocycles. The SMILES string of the molecule is Cc1cc2ccccc2n1CC(=O)NCc1cccc(S(=O)(=O)NC(C)C)c1. The number of nitrogens with zero attached hydrogens (tertiary/aromatic N) is 1. The third-order valence-electron chi connectivity index (χ3n) is 4.41. The lowest BCUT2D eigenvalue weighted by Gasteiger charge is -2.12. The van der Waals surface area contributed by atoms with Gasteiger partial charge in [-0.15, -0.1) is 0 Å². The Balaban J connectivity index is 1.68. The molecule has 7 heteroatoms. The molecule has 0 unspecified atom stereocenters. The number of benzene rings is 2. The van der Waals surface area contributed by atoms with Crippen LogP contribution in [0.2, 0.25) is 0 Å². The fraction of sp³-hybridized carbons (Fsp3) is 0.286. The Morgan fingerprint density at radius 1 is 1.07 bits per heavy atom. The molecule has 3 rings (SSSR count). The van der Waals surface area contributed by atoms with E-state index in [0.29, 0.717) is 0 Å². The van der Waals surface area contributed by atoms with E-state index < -0.39 is 10.0 Å². The molecule has 2 N–H and O–H groups in total. The van der Waals surface area contributed by atoms with E-state index in [1.807, 2.05) is 35.8 Å². The third-order valence-corrected chi connectivity index (χ3v) is 6.06. The lowest BCUT2D eigenvalue weighted by molar-refractivity contribution is -0.121. The van der Waals surface area contributed by atoms with Gasteiger partial charge in [0.15, 0.2) is 0 Å². The van der Waals surface area contributed by atoms with Crippen LogP contribution in [0.25, 0.3) is 10.9 Å². The summed E-state index contributed by atoms with van der Waals surface area (Å²) in [5.74, 6) is -0.127. The fourth-order valence-electron chi connectivity index (χ4n) is 3.16. The molecule has 1 amide bonds. The van der Waals surface area contributed by atoms with Crippen molar-refractivity contribution < 1.29 is 13.2 Å². The van der Waals surface area contributed by atoms with E-state index in [1.54, 1.807) is 38.1 Å². The van der Waals surface area contributed by atoms with Crippen LogP contribution in [0.15, 0.2) is 59.5 Å². The molecule has 0 aliphatic carbocycles. The third kappa shape index (κ3) is 4.61. The number of para-hydroxylation sites is 1. The van der Waals surface area contributed by atoms with E-state index in [2.05, 4.69) is 16.1 Å².